The van der Waals surface area contributed by atoms with Crippen molar-refractivity contribution in [2.24, 2.45) is 0 Å². The van der Waals surface area contributed by atoms with E-state index in [1.165, 1.54) is 27.5 Å². The van der Waals surface area contributed by atoms with Crippen LogP contribution in [0.15, 0.2) is 18.3 Å². The van der Waals surface area contributed by atoms with E-state index in [2.05, 4.69) is 14.7 Å². The number of hydrogen-bond acceptors (Lipinski definition) is 6. The number of aromatic amines is 1. The Hall–Kier alpha value is -2.70. The Kier molecular flexibility index (Phi) is 4.32. The number of imidazole rings is 1. The van der Waals surface area contributed by atoms with E-state index < -0.39 is 5.97 Å². The number of carbonyl (C=O) groups is 1. The molecule has 0 atom stereocenters. The van der Waals surface area contributed by atoms with Gasteiger partial charge in [0.15, 0.2) is 11.5 Å². The summed E-state index contributed by atoms with van der Waals surface area (Å²) in [5.74, 6) is 1.43. The molecule has 0 saturated heterocycles. The number of methoxy groups -OCH3 is 4. The SMILES string of the molecule is COC(=O)c1cnc(-c2ccc(OC)c(OC)c2OC)[nH]1. The average molecular weight is 292 g/mol. The molecule has 1 aromatic carbocycles. The van der Waals surface area contributed by atoms with Crippen LogP contribution in [0.2, 0.25) is 0 Å². The minimum atomic E-state index is -0.492. The lowest BCUT2D eigenvalue weighted by Gasteiger charge is -2.14. The zero-order chi connectivity index (χ0) is 15.4. The van der Waals surface area contributed by atoms with Gasteiger partial charge in [0.05, 0.1) is 40.2 Å². The van der Waals surface area contributed by atoms with Crippen molar-refractivity contribution in [3.63, 3.8) is 0 Å². The highest BCUT2D eigenvalue weighted by Gasteiger charge is 2.20. The first-order valence-corrected chi connectivity index (χ1v) is 6.08. The number of nitrogens with one attached hydrogen (secondary N) is 1. The van der Waals surface area contributed by atoms with E-state index in [1.54, 1.807) is 19.2 Å². The fourth-order valence-corrected chi connectivity index (χ4v) is 1.96. The second-order valence-corrected chi connectivity index (χ2v) is 4.02. The maximum atomic E-state index is 11.5. The fourth-order valence-electron chi connectivity index (χ4n) is 1.96. The number of hydrogen-bond donors (Lipinski definition) is 1. The Bertz CT molecular complexity index is 651. The van der Waals surface area contributed by atoms with Gasteiger partial charge in [0.25, 0.3) is 0 Å². The molecule has 7 heteroatoms. The van der Waals surface area contributed by atoms with Crippen molar-refractivity contribution in [1.82, 2.24) is 9.97 Å². The van der Waals surface area contributed by atoms with Crippen molar-refractivity contribution in [3.8, 4) is 28.6 Å². The van der Waals surface area contributed by atoms with Crippen LogP contribution in [0.3, 0.4) is 0 Å². The molecule has 0 unspecified atom stereocenters. The lowest BCUT2D eigenvalue weighted by molar-refractivity contribution is 0.0595. The molecule has 0 spiro atoms. The lowest BCUT2D eigenvalue weighted by atomic mass is 10.1. The van der Waals surface area contributed by atoms with Crippen molar-refractivity contribution in [3.05, 3.63) is 24.0 Å². The highest BCUT2D eigenvalue weighted by molar-refractivity contribution is 5.88. The van der Waals surface area contributed by atoms with Gasteiger partial charge in [0.2, 0.25) is 5.75 Å². The Morgan fingerprint density at radius 2 is 1.76 bits per heavy atom. The first-order valence-electron chi connectivity index (χ1n) is 6.08. The Labute approximate surface area is 121 Å². The Morgan fingerprint density at radius 1 is 1.05 bits per heavy atom. The molecule has 7 nitrogen and oxygen atoms in total. The molecule has 1 aromatic heterocycles. The third-order valence-electron chi connectivity index (χ3n) is 2.94. The number of carbonyl (C=O) groups excluding carboxylic acids is 1. The van der Waals surface area contributed by atoms with Gasteiger partial charge in [-0.2, -0.15) is 0 Å². The molecule has 0 bridgehead atoms. The van der Waals surface area contributed by atoms with Crippen LogP contribution in [-0.2, 0) is 4.74 Å². The van der Waals surface area contributed by atoms with Crippen LogP contribution < -0.4 is 14.2 Å². The molecule has 2 rings (SSSR count). The minimum Gasteiger partial charge on any atom is -0.493 e. The number of aromatic nitrogens is 2. The summed E-state index contributed by atoms with van der Waals surface area (Å²) >= 11 is 0. The van der Waals surface area contributed by atoms with Gasteiger partial charge in [-0.05, 0) is 12.1 Å². The fraction of sp³-hybridized carbons (Fsp3) is 0.286. The Morgan fingerprint density at radius 3 is 2.33 bits per heavy atom. The summed E-state index contributed by atoms with van der Waals surface area (Å²) in [7, 11) is 5.89. The highest BCUT2D eigenvalue weighted by atomic mass is 16.5. The largest absolute Gasteiger partial charge is 0.493 e. The predicted molar refractivity (Wildman–Crippen MR) is 75.0 cm³/mol. The molecule has 0 fully saturated rings. The van der Waals surface area contributed by atoms with Crippen molar-refractivity contribution >= 4 is 5.97 Å². The quantitative estimate of drug-likeness (QED) is 0.847. The van der Waals surface area contributed by atoms with Crippen LogP contribution in [0.25, 0.3) is 11.4 Å². The lowest BCUT2D eigenvalue weighted by Crippen LogP contribution is -2.01. The number of ether oxygens (including phenoxy) is 4. The molecule has 1 N–H and O–H groups in total. The molecule has 0 radical (unpaired) electrons. The van der Waals surface area contributed by atoms with Crippen molar-refractivity contribution < 1.29 is 23.7 Å². The van der Waals surface area contributed by atoms with E-state index >= 15 is 0 Å². The van der Waals surface area contributed by atoms with Gasteiger partial charge in [0.1, 0.15) is 11.5 Å². The molecule has 0 amide bonds. The van der Waals surface area contributed by atoms with E-state index in [9.17, 15) is 4.79 Å². The van der Waals surface area contributed by atoms with Gasteiger partial charge in [-0.15, -0.1) is 0 Å². The van der Waals surface area contributed by atoms with E-state index in [1.807, 2.05) is 0 Å². The molecule has 0 saturated carbocycles. The van der Waals surface area contributed by atoms with Gasteiger partial charge < -0.3 is 23.9 Å². The highest BCUT2D eigenvalue weighted by Crippen LogP contribution is 2.43. The first kappa shape index (κ1) is 14.7. The van der Waals surface area contributed by atoms with E-state index in [-0.39, 0.29) is 5.69 Å². The summed E-state index contributed by atoms with van der Waals surface area (Å²) in [5, 5.41) is 0. The number of rotatable bonds is 5. The summed E-state index contributed by atoms with van der Waals surface area (Å²) in [6.07, 6.45) is 1.40. The first-order chi connectivity index (χ1) is 10.2. The van der Waals surface area contributed by atoms with Gasteiger partial charge in [-0.1, -0.05) is 0 Å². The second kappa shape index (κ2) is 6.17. The van der Waals surface area contributed by atoms with Crippen LogP contribution in [0.5, 0.6) is 17.2 Å². The van der Waals surface area contributed by atoms with Crippen molar-refractivity contribution in [2.45, 2.75) is 0 Å². The molecule has 1 heterocycles. The number of nitrogens with zero attached hydrogens (tertiary/aromatic N) is 1. The summed E-state index contributed by atoms with van der Waals surface area (Å²) in [4.78, 5) is 18.5. The third kappa shape index (κ3) is 2.62. The molecular formula is C14H16N2O5. The van der Waals surface area contributed by atoms with Gasteiger partial charge in [0, 0.05) is 0 Å². The number of H-pyrrole nitrogens is 1. The van der Waals surface area contributed by atoms with Gasteiger partial charge in [-0.3, -0.25) is 0 Å². The van der Waals surface area contributed by atoms with E-state index in [0.717, 1.165) is 0 Å². The van der Waals surface area contributed by atoms with E-state index in [4.69, 9.17) is 14.2 Å². The van der Waals surface area contributed by atoms with E-state index in [0.29, 0.717) is 28.6 Å². The number of benzene rings is 1. The third-order valence-corrected chi connectivity index (χ3v) is 2.94. The molecular weight excluding hydrogens is 276 g/mol. The second-order valence-electron chi connectivity index (χ2n) is 4.02. The maximum absolute atomic E-state index is 11.5. The van der Waals surface area contributed by atoms with Crippen LogP contribution in [0, 0.1) is 0 Å². The topological polar surface area (TPSA) is 82.7 Å². The molecule has 0 aliphatic heterocycles. The normalized spacial score (nSPS) is 10.1. The monoisotopic (exact) mass is 292 g/mol. The maximum Gasteiger partial charge on any atom is 0.356 e. The molecule has 0 aliphatic carbocycles. The smallest absolute Gasteiger partial charge is 0.356 e. The zero-order valence-electron chi connectivity index (χ0n) is 12.2. The zero-order valence-corrected chi connectivity index (χ0v) is 12.2. The molecule has 21 heavy (non-hydrogen) atoms. The van der Waals surface area contributed by atoms with Crippen LogP contribution in [0.1, 0.15) is 10.5 Å². The van der Waals surface area contributed by atoms with Crippen LogP contribution >= 0.6 is 0 Å². The summed E-state index contributed by atoms with van der Waals surface area (Å²) in [5.41, 5.74) is 0.898. The number of esters is 1. The molecule has 2 aromatic rings. The van der Waals surface area contributed by atoms with Crippen molar-refractivity contribution in [1.29, 1.82) is 0 Å². The van der Waals surface area contributed by atoms with Gasteiger partial charge in [-0.25, -0.2) is 9.78 Å². The van der Waals surface area contributed by atoms with Crippen LogP contribution in [-0.4, -0.2) is 44.4 Å². The minimum absolute atomic E-state index is 0.254. The van der Waals surface area contributed by atoms with Gasteiger partial charge >= 0.3 is 5.97 Å². The summed E-state index contributed by atoms with van der Waals surface area (Å²) in [6.45, 7) is 0. The average Bonchev–Trinajstić information content (AvgIpc) is 3.02. The van der Waals surface area contributed by atoms with Crippen LogP contribution in [0.4, 0.5) is 0 Å². The molecule has 0 aliphatic rings. The standard InChI is InChI=1S/C14H16N2O5/c1-18-10-6-5-8(11(19-2)12(10)20-3)13-15-7-9(16-13)14(17)21-4/h5-7H,1-4H3,(H,15,16). The predicted octanol–water partition coefficient (Wildman–Crippen LogP) is 1.89. The van der Waals surface area contributed by atoms with Crippen molar-refractivity contribution in [2.75, 3.05) is 28.4 Å². The molecule has 112 valence electrons. The Balaban J connectivity index is 2.53. The summed E-state index contributed by atoms with van der Waals surface area (Å²) < 4.78 is 20.5. The summed E-state index contributed by atoms with van der Waals surface area (Å²) in [6, 6.07) is 3.50.